The van der Waals surface area contributed by atoms with Crippen LogP contribution in [0.3, 0.4) is 0 Å². The van der Waals surface area contributed by atoms with Crippen LogP contribution >= 0.6 is 0 Å². The van der Waals surface area contributed by atoms with Gasteiger partial charge in [0, 0.05) is 13.1 Å². The van der Waals surface area contributed by atoms with Crippen LogP contribution in [0.2, 0.25) is 0 Å². The average molecular weight is 267 g/mol. The van der Waals surface area contributed by atoms with Gasteiger partial charge >= 0.3 is 0 Å². The summed E-state index contributed by atoms with van der Waals surface area (Å²) < 4.78 is 18.5. The highest BCUT2D eigenvalue weighted by Gasteiger charge is 2.24. The van der Waals surface area contributed by atoms with E-state index in [-0.39, 0.29) is 11.6 Å². The fourth-order valence-corrected chi connectivity index (χ4v) is 2.54. The van der Waals surface area contributed by atoms with E-state index in [2.05, 4.69) is 4.90 Å². The second-order valence-corrected chi connectivity index (χ2v) is 5.60. The van der Waals surface area contributed by atoms with Crippen LogP contribution in [0.15, 0.2) is 18.2 Å². The predicted molar refractivity (Wildman–Crippen MR) is 72.7 cm³/mol. The van der Waals surface area contributed by atoms with Crippen molar-refractivity contribution in [2.24, 2.45) is 0 Å². The number of halogens is 1. The van der Waals surface area contributed by atoms with Crippen LogP contribution in [0.1, 0.15) is 31.7 Å². The smallest absolute Gasteiger partial charge is 0.165 e. The van der Waals surface area contributed by atoms with E-state index in [9.17, 15) is 9.50 Å². The van der Waals surface area contributed by atoms with Crippen LogP contribution in [0, 0.1) is 5.82 Å². The molecule has 1 atom stereocenters. The van der Waals surface area contributed by atoms with Gasteiger partial charge in [-0.2, -0.15) is 0 Å². The van der Waals surface area contributed by atoms with E-state index in [1.807, 2.05) is 13.0 Å². The molecule has 106 valence electrons. The van der Waals surface area contributed by atoms with Crippen molar-refractivity contribution in [2.45, 2.75) is 38.3 Å². The van der Waals surface area contributed by atoms with E-state index in [0.717, 1.165) is 44.5 Å². The first-order valence-corrected chi connectivity index (χ1v) is 6.77. The number of aliphatic hydroxyl groups is 1. The molecule has 1 aliphatic heterocycles. The van der Waals surface area contributed by atoms with Gasteiger partial charge in [-0.3, -0.25) is 4.90 Å². The Morgan fingerprint density at radius 3 is 2.84 bits per heavy atom. The summed E-state index contributed by atoms with van der Waals surface area (Å²) in [6, 6.07) is 5.09. The van der Waals surface area contributed by atoms with Gasteiger partial charge in [0.1, 0.15) is 0 Å². The second kappa shape index (κ2) is 5.88. The minimum atomic E-state index is -0.556. The summed E-state index contributed by atoms with van der Waals surface area (Å²) in [5.74, 6) is -0.0376. The number of hydrogen-bond acceptors (Lipinski definition) is 3. The SMILES string of the molecule is COc1ccc(CN2CCCC(C)(O)CC2)cc1F. The van der Waals surface area contributed by atoms with Gasteiger partial charge in [0.05, 0.1) is 12.7 Å². The first kappa shape index (κ1) is 14.3. The first-order chi connectivity index (χ1) is 9.00. The summed E-state index contributed by atoms with van der Waals surface area (Å²) in [5, 5.41) is 10.0. The molecule has 1 N–H and O–H groups in total. The Morgan fingerprint density at radius 1 is 1.37 bits per heavy atom. The Balaban J connectivity index is 1.99. The largest absolute Gasteiger partial charge is 0.494 e. The van der Waals surface area contributed by atoms with Crippen molar-refractivity contribution in [3.63, 3.8) is 0 Å². The number of likely N-dealkylation sites (tertiary alicyclic amines) is 1. The summed E-state index contributed by atoms with van der Waals surface area (Å²) in [6.07, 6.45) is 2.58. The van der Waals surface area contributed by atoms with E-state index in [4.69, 9.17) is 4.74 Å². The summed E-state index contributed by atoms with van der Waals surface area (Å²) >= 11 is 0. The molecule has 1 saturated heterocycles. The Hall–Kier alpha value is -1.13. The van der Waals surface area contributed by atoms with Crippen molar-refractivity contribution >= 4 is 0 Å². The van der Waals surface area contributed by atoms with Gasteiger partial charge in [0.15, 0.2) is 11.6 Å². The highest BCUT2D eigenvalue weighted by Crippen LogP contribution is 2.23. The molecular formula is C15H22FNO2. The van der Waals surface area contributed by atoms with Crippen LogP contribution in [0.4, 0.5) is 4.39 Å². The zero-order valence-electron chi connectivity index (χ0n) is 11.7. The van der Waals surface area contributed by atoms with Gasteiger partial charge in [-0.05, 0) is 50.4 Å². The number of hydrogen-bond donors (Lipinski definition) is 1. The molecule has 1 heterocycles. The van der Waals surface area contributed by atoms with Gasteiger partial charge in [-0.15, -0.1) is 0 Å². The first-order valence-electron chi connectivity index (χ1n) is 6.77. The van der Waals surface area contributed by atoms with E-state index < -0.39 is 5.60 Å². The Kier molecular flexibility index (Phi) is 4.42. The lowest BCUT2D eigenvalue weighted by Crippen LogP contribution is -2.28. The molecule has 1 aromatic carbocycles. The topological polar surface area (TPSA) is 32.7 Å². The Morgan fingerprint density at radius 2 is 2.16 bits per heavy atom. The van der Waals surface area contributed by atoms with Crippen molar-refractivity contribution < 1.29 is 14.2 Å². The normalized spacial score (nSPS) is 25.1. The van der Waals surface area contributed by atoms with Gasteiger partial charge in [-0.1, -0.05) is 6.07 Å². The Labute approximate surface area is 114 Å². The maximum atomic E-state index is 13.6. The fourth-order valence-electron chi connectivity index (χ4n) is 2.54. The molecule has 0 spiro atoms. The zero-order valence-corrected chi connectivity index (χ0v) is 11.7. The molecule has 0 radical (unpaired) electrons. The summed E-state index contributed by atoms with van der Waals surface area (Å²) in [6.45, 7) is 4.41. The van der Waals surface area contributed by atoms with E-state index >= 15 is 0 Å². The molecule has 4 heteroatoms. The van der Waals surface area contributed by atoms with Crippen LogP contribution in [0.25, 0.3) is 0 Å². The third-order valence-corrected chi connectivity index (χ3v) is 3.78. The third-order valence-electron chi connectivity index (χ3n) is 3.78. The summed E-state index contributed by atoms with van der Waals surface area (Å²) in [7, 11) is 1.47. The van der Waals surface area contributed by atoms with Crippen molar-refractivity contribution in [3.05, 3.63) is 29.6 Å². The lowest BCUT2D eigenvalue weighted by Gasteiger charge is -2.22. The van der Waals surface area contributed by atoms with E-state index in [1.54, 1.807) is 6.07 Å². The van der Waals surface area contributed by atoms with Crippen LogP contribution in [0.5, 0.6) is 5.75 Å². The molecule has 1 fully saturated rings. The maximum absolute atomic E-state index is 13.6. The highest BCUT2D eigenvalue weighted by molar-refractivity contribution is 5.29. The molecule has 2 rings (SSSR count). The second-order valence-electron chi connectivity index (χ2n) is 5.60. The number of rotatable bonds is 3. The fraction of sp³-hybridized carbons (Fsp3) is 0.600. The van der Waals surface area contributed by atoms with Gasteiger partial charge in [-0.25, -0.2) is 4.39 Å². The van der Waals surface area contributed by atoms with Crippen molar-refractivity contribution in [1.82, 2.24) is 4.90 Å². The van der Waals surface area contributed by atoms with Crippen molar-refractivity contribution in [2.75, 3.05) is 20.2 Å². The van der Waals surface area contributed by atoms with Crippen molar-refractivity contribution in [1.29, 1.82) is 0 Å². The maximum Gasteiger partial charge on any atom is 0.165 e. The molecule has 0 saturated carbocycles. The van der Waals surface area contributed by atoms with Crippen LogP contribution < -0.4 is 4.74 Å². The Bertz CT molecular complexity index is 434. The summed E-state index contributed by atoms with van der Waals surface area (Å²) in [4.78, 5) is 2.27. The number of nitrogens with zero attached hydrogens (tertiary/aromatic N) is 1. The third kappa shape index (κ3) is 3.91. The molecule has 1 aromatic rings. The summed E-state index contributed by atoms with van der Waals surface area (Å²) in [5.41, 5.74) is 0.389. The lowest BCUT2D eigenvalue weighted by molar-refractivity contribution is 0.0444. The molecule has 0 amide bonds. The zero-order chi connectivity index (χ0) is 13.9. The van der Waals surface area contributed by atoms with Gasteiger partial charge < -0.3 is 9.84 Å². The van der Waals surface area contributed by atoms with E-state index in [1.165, 1.54) is 13.2 Å². The van der Waals surface area contributed by atoms with Crippen LogP contribution in [-0.2, 0) is 6.54 Å². The average Bonchev–Trinajstić information content (AvgIpc) is 2.51. The minimum Gasteiger partial charge on any atom is -0.494 e. The monoisotopic (exact) mass is 267 g/mol. The van der Waals surface area contributed by atoms with Crippen molar-refractivity contribution in [3.8, 4) is 5.75 Å². The standard InChI is InChI=1S/C15H22FNO2/c1-15(18)6-3-8-17(9-7-15)11-12-4-5-14(19-2)13(16)10-12/h4-5,10,18H,3,6-9,11H2,1-2H3. The lowest BCUT2D eigenvalue weighted by atomic mass is 9.98. The number of benzene rings is 1. The molecule has 0 aliphatic carbocycles. The van der Waals surface area contributed by atoms with Crippen LogP contribution in [-0.4, -0.2) is 35.8 Å². The minimum absolute atomic E-state index is 0.280. The molecular weight excluding hydrogens is 245 g/mol. The molecule has 1 unspecified atom stereocenters. The quantitative estimate of drug-likeness (QED) is 0.913. The molecule has 1 aliphatic rings. The number of methoxy groups -OCH3 is 1. The molecule has 0 bridgehead atoms. The number of ether oxygens (including phenoxy) is 1. The molecule has 3 nitrogen and oxygen atoms in total. The highest BCUT2D eigenvalue weighted by atomic mass is 19.1. The molecule has 0 aromatic heterocycles. The van der Waals surface area contributed by atoms with E-state index in [0.29, 0.717) is 0 Å². The molecule has 19 heavy (non-hydrogen) atoms. The van der Waals surface area contributed by atoms with Gasteiger partial charge in [0.2, 0.25) is 0 Å². The van der Waals surface area contributed by atoms with Gasteiger partial charge in [0.25, 0.3) is 0 Å². The predicted octanol–water partition coefficient (Wildman–Crippen LogP) is 2.57.